The molecule has 132 valence electrons. The molecular weight excluding hydrogens is 310 g/mol. The molecule has 1 N–H and O–H groups in total. The highest BCUT2D eigenvalue weighted by Gasteiger charge is 2.49. The first-order valence-corrected chi connectivity index (χ1v) is 9.56. The summed E-state index contributed by atoms with van der Waals surface area (Å²) < 4.78 is 0. The van der Waals surface area contributed by atoms with E-state index in [0.717, 1.165) is 51.1 Å². The van der Waals surface area contributed by atoms with Crippen molar-refractivity contribution in [1.82, 2.24) is 15.1 Å². The fourth-order valence-electron chi connectivity index (χ4n) is 5.10. The first kappa shape index (κ1) is 17.5. The number of hydrogen-bond donors (Lipinski definition) is 1. The van der Waals surface area contributed by atoms with E-state index in [1.165, 1.54) is 44.9 Å². The van der Waals surface area contributed by atoms with Crippen molar-refractivity contribution in [3.63, 3.8) is 0 Å². The van der Waals surface area contributed by atoms with Crippen LogP contribution in [0.5, 0.6) is 0 Å². The van der Waals surface area contributed by atoms with E-state index in [1.807, 2.05) is 0 Å². The topological polar surface area (TPSA) is 35.6 Å². The Morgan fingerprint density at radius 1 is 0.957 bits per heavy atom. The van der Waals surface area contributed by atoms with E-state index in [2.05, 4.69) is 15.1 Å². The van der Waals surface area contributed by atoms with Crippen LogP contribution in [0.3, 0.4) is 0 Å². The largest absolute Gasteiger partial charge is 0.341 e. The lowest BCUT2D eigenvalue weighted by Crippen LogP contribution is -2.49. The molecule has 2 aliphatic carbocycles. The highest BCUT2D eigenvalue weighted by Crippen LogP contribution is 2.50. The Hall–Kier alpha value is -0.320. The van der Waals surface area contributed by atoms with Crippen molar-refractivity contribution in [3.8, 4) is 0 Å². The Kier molecular flexibility index (Phi) is 5.87. The van der Waals surface area contributed by atoms with E-state index in [4.69, 9.17) is 0 Å². The summed E-state index contributed by atoms with van der Waals surface area (Å²) in [7, 11) is 0. The summed E-state index contributed by atoms with van der Waals surface area (Å²) in [5.41, 5.74) is 0. The maximum Gasteiger partial charge on any atom is 0.226 e. The first-order chi connectivity index (χ1) is 10.8. The Bertz CT molecular complexity index is 407. The summed E-state index contributed by atoms with van der Waals surface area (Å²) in [6.45, 7) is 6.52. The van der Waals surface area contributed by atoms with E-state index in [1.54, 1.807) is 0 Å². The van der Waals surface area contributed by atoms with Gasteiger partial charge in [0, 0.05) is 51.2 Å². The number of nitrogens with zero attached hydrogens (tertiary/aromatic N) is 2. The van der Waals surface area contributed by atoms with E-state index < -0.39 is 0 Å². The fraction of sp³-hybridized carbons (Fsp3) is 0.944. The SMILES string of the molecule is Cl.O=C(C1CC1C1CCCCC1)N1CCC(N2CCNCC2)C1. The third kappa shape index (κ3) is 3.85. The second-order valence-electron chi connectivity index (χ2n) is 7.92. The lowest BCUT2D eigenvalue weighted by Gasteiger charge is -2.32. The summed E-state index contributed by atoms with van der Waals surface area (Å²) >= 11 is 0. The Balaban J connectivity index is 0.00000156. The van der Waals surface area contributed by atoms with Gasteiger partial charge in [-0.05, 0) is 24.7 Å². The molecule has 2 saturated heterocycles. The lowest BCUT2D eigenvalue weighted by molar-refractivity contribution is -0.132. The Labute approximate surface area is 146 Å². The van der Waals surface area contributed by atoms with Crippen LogP contribution in [0.15, 0.2) is 0 Å². The van der Waals surface area contributed by atoms with Crippen LogP contribution in [0, 0.1) is 17.8 Å². The van der Waals surface area contributed by atoms with E-state index >= 15 is 0 Å². The molecule has 3 atom stereocenters. The van der Waals surface area contributed by atoms with Gasteiger partial charge in [0.1, 0.15) is 0 Å². The van der Waals surface area contributed by atoms with Crippen LogP contribution >= 0.6 is 12.4 Å². The molecule has 4 aliphatic rings. The molecule has 23 heavy (non-hydrogen) atoms. The Morgan fingerprint density at radius 3 is 2.43 bits per heavy atom. The van der Waals surface area contributed by atoms with Gasteiger partial charge >= 0.3 is 0 Å². The number of halogens is 1. The van der Waals surface area contributed by atoms with E-state index in [-0.39, 0.29) is 12.4 Å². The van der Waals surface area contributed by atoms with Gasteiger partial charge in [-0.25, -0.2) is 0 Å². The van der Waals surface area contributed by atoms with Crippen LogP contribution in [-0.4, -0.2) is 61.0 Å². The molecule has 4 fully saturated rings. The number of rotatable bonds is 3. The molecule has 2 aliphatic heterocycles. The van der Waals surface area contributed by atoms with E-state index in [0.29, 0.717) is 17.9 Å². The van der Waals surface area contributed by atoms with Crippen molar-refractivity contribution in [2.45, 2.75) is 51.0 Å². The standard InChI is InChI=1S/C18H31N3O.ClH/c22-18(17-12-16(17)14-4-2-1-3-5-14)21-9-6-15(13-21)20-10-7-19-8-11-20;/h14-17,19H,1-13H2;1H. The van der Waals surface area contributed by atoms with Crippen molar-refractivity contribution in [1.29, 1.82) is 0 Å². The van der Waals surface area contributed by atoms with Gasteiger partial charge in [0.25, 0.3) is 0 Å². The van der Waals surface area contributed by atoms with Gasteiger partial charge in [-0.2, -0.15) is 0 Å². The number of piperazine rings is 1. The molecule has 0 aromatic carbocycles. The quantitative estimate of drug-likeness (QED) is 0.854. The van der Waals surface area contributed by atoms with Gasteiger partial charge in [-0.3, -0.25) is 9.69 Å². The van der Waals surface area contributed by atoms with Gasteiger partial charge in [-0.15, -0.1) is 12.4 Å². The highest BCUT2D eigenvalue weighted by atomic mass is 35.5. The number of nitrogens with one attached hydrogen (secondary N) is 1. The predicted molar refractivity (Wildman–Crippen MR) is 94.8 cm³/mol. The van der Waals surface area contributed by atoms with E-state index in [9.17, 15) is 4.79 Å². The van der Waals surface area contributed by atoms with Crippen LogP contribution in [0.2, 0.25) is 0 Å². The molecule has 5 heteroatoms. The van der Waals surface area contributed by atoms with Crippen molar-refractivity contribution in [2.75, 3.05) is 39.3 Å². The van der Waals surface area contributed by atoms with Gasteiger partial charge in [0.2, 0.25) is 5.91 Å². The summed E-state index contributed by atoms with van der Waals surface area (Å²) in [6.07, 6.45) is 9.37. The molecule has 3 unspecified atom stereocenters. The molecule has 4 nitrogen and oxygen atoms in total. The van der Waals surface area contributed by atoms with Crippen molar-refractivity contribution in [2.24, 2.45) is 17.8 Å². The number of carbonyl (C=O) groups excluding carboxylic acids is 1. The minimum absolute atomic E-state index is 0. The molecule has 2 saturated carbocycles. The smallest absolute Gasteiger partial charge is 0.226 e. The lowest BCUT2D eigenvalue weighted by atomic mass is 9.85. The molecule has 0 bridgehead atoms. The van der Waals surface area contributed by atoms with Crippen LogP contribution in [0.1, 0.15) is 44.9 Å². The second-order valence-corrected chi connectivity index (χ2v) is 7.92. The molecule has 0 aromatic heterocycles. The van der Waals surface area contributed by atoms with Gasteiger partial charge in [0.05, 0.1) is 0 Å². The molecule has 4 rings (SSSR count). The average molecular weight is 342 g/mol. The maximum atomic E-state index is 12.8. The first-order valence-electron chi connectivity index (χ1n) is 9.56. The number of likely N-dealkylation sites (tertiary alicyclic amines) is 1. The second kappa shape index (κ2) is 7.71. The third-order valence-electron chi connectivity index (χ3n) is 6.56. The monoisotopic (exact) mass is 341 g/mol. The zero-order valence-electron chi connectivity index (χ0n) is 14.2. The van der Waals surface area contributed by atoms with Crippen molar-refractivity contribution >= 4 is 18.3 Å². The maximum absolute atomic E-state index is 12.8. The number of hydrogen-bond acceptors (Lipinski definition) is 3. The minimum atomic E-state index is 0. The Morgan fingerprint density at radius 2 is 1.70 bits per heavy atom. The summed E-state index contributed by atoms with van der Waals surface area (Å²) in [4.78, 5) is 17.6. The summed E-state index contributed by atoms with van der Waals surface area (Å²) in [6, 6.07) is 0.623. The third-order valence-corrected chi connectivity index (χ3v) is 6.56. The summed E-state index contributed by atoms with van der Waals surface area (Å²) in [5.74, 6) is 2.50. The highest BCUT2D eigenvalue weighted by molar-refractivity contribution is 5.85. The fourth-order valence-corrected chi connectivity index (χ4v) is 5.10. The zero-order valence-corrected chi connectivity index (χ0v) is 15.0. The van der Waals surface area contributed by atoms with Crippen LogP contribution in [-0.2, 0) is 4.79 Å². The molecular formula is C18H32ClN3O. The van der Waals surface area contributed by atoms with Gasteiger partial charge in [0.15, 0.2) is 0 Å². The predicted octanol–water partition coefficient (Wildman–Crippen LogP) is 2.13. The summed E-state index contributed by atoms with van der Waals surface area (Å²) in [5, 5.41) is 3.42. The van der Waals surface area contributed by atoms with Gasteiger partial charge < -0.3 is 10.2 Å². The zero-order chi connectivity index (χ0) is 14.9. The molecule has 2 heterocycles. The minimum Gasteiger partial charge on any atom is -0.341 e. The number of carbonyl (C=O) groups is 1. The number of amides is 1. The van der Waals surface area contributed by atoms with Gasteiger partial charge in [-0.1, -0.05) is 32.1 Å². The molecule has 0 aromatic rings. The van der Waals surface area contributed by atoms with Crippen LogP contribution in [0.4, 0.5) is 0 Å². The average Bonchev–Trinajstić information content (AvgIpc) is 3.24. The van der Waals surface area contributed by atoms with Crippen LogP contribution in [0.25, 0.3) is 0 Å². The normalized spacial score (nSPS) is 35.8. The van der Waals surface area contributed by atoms with Crippen LogP contribution < -0.4 is 5.32 Å². The molecule has 0 radical (unpaired) electrons. The van der Waals surface area contributed by atoms with Crippen molar-refractivity contribution in [3.05, 3.63) is 0 Å². The van der Waals surface area contributed by atoms with Crippen molar-refractivity contribution < 1.29 is 4.79 Å². The molecule has 1 amide bonds. The molecule has 0 spiro atoms.